The Kier molecular flexibility index (Phi) is 6.06. The molecule has 2 nitrogen and oxygen atoms in total. The predicted molar refractivity (Wildman–Crippen MR) is 86.9 cm³/mol. The largest absolute Gasteiger partial charge is 0.309 e. The summed E-state index contributed by atoms with van der Waals surface area (Å²) in [4.78, 5) is 2.71. The van der Waals surface area contributed by atoms with Gasteiger partial charge in [0.2, 0.25) is 0 Å². The third kappa shape index (κ3) is 3.83. The highest BCUT2D eigenvalue weighted by Crippen LogP contribution is 2.27. The van der Waals surface area contributed by atoms with Crippen molar-refractivity contribution in [3.05, 3.63) is 35.9 Å². The van der Waals surface area contributed by atoms with Crippen LogP contribution in [0.2, 0.25) is 0 Å². The van der Waals surface area contributed by atoms with Gasteiger partial charge < -0.3 is 5.32 Å². The van der Waals surface area contributed by atoms with Gasteiger partial charge in [-0.05, 0) is 50.4 Å². The van der Waals surface area contributed by atoms with Crippen LogP contribution in [-0.4, -0.2) is 30.6 Å². The zero-order valence-corrected chi connectivity index (χ0v) is 13.3. The van der Waals surface area contributed by atoms with Gasteiger partial charge >= 0.3 is 0 Å². The number of hydrogen-bond donors (Lipinski definition) is 1. The predicted octanol–water partition coefficient (Wildman–Crippen LogP) is 3.85. The maximum Gasteiger partial charge on any atom is 0.0477 e. The molecule has 1 N–H and O–H groups in total. The van der Waals surface area contributed by atoms with Gasteiger partial charge in [-0.25, -0.2) is 0 Å². The van der Waals surface area contributed by atoms with E-state index in [1.807, 2.05) is 0 Å². The van der Waals surface area contributed by atoms with E-state index in [0.29, 0.717) is 12.1 Å². The number of nitrogens with zero attached hydrogens (tertiary/aromatic N) is 1. The lowest BCUT2D eigenvalue weighted by Crippen LogP contribution is -2.47. The van der Waals surface area contributed by atoms with E-state index >= 15 is 0 Å². The minimum absolute atomic E-state index is 0.458. The lowest BCUT2D eigenvalue weighted by atomic mass is 9.92. The number of likely N-dealkylation sites (tertiary alicyclic amines) is 1. The van der Waals surface area contributed by atoms with Crippen LogP contribution < -0.4 is 5.32 Å². The molecule has 0 saturated carbocycles. The molecule has 1 aliphatic heterocycles. The Morgan fingerprint density at radius 1 is 1.15 bits per heavy atom. The van der Waals surface area contributed by atoms with E-state index in [1.54, 1.807) is 0 Å². The van der Waals surface area contributed by atoms with E-state index in [9.17, 15) is 0 Å². The first-order valence-corrected chi connectivity index (χ1v) is 8.28. The summed E-state index contributed by atoms with van der Waals surface area (Å²) in [5, 5.41) is 3.72. The number of benzene rings is 1. The van der Waals surface area contributed by atoms with Crippen LogP contribution in [0, 0.1) is 5.92 Å². The molecule has 1 aliphatic rings. The standard InChI is InChI=1S/C18H30N2/c1-4-17(20-13-11-15(3)12-14-20)18(19-5-2)16-9-7-6-8-10-16/h6-10,15,17-19H,4-5,11-14H2,1-3H3. The highest BCUT2D eigenvalue weighted by atomic mass is 15.2. The van der Waals surface area contributed by atoms with Crippen molar-refractivity contribution in [3.63, 3.8) is 0 Å². The molecule has 20 heavy (non-hydrogen) atoms. The summed E-state index contributed by atoms with van der Waals surface area (Å²) >= 11 is 0. The third-order valence-electron chi connectivity index (χ3n) is 4.67. The van der Waals surface area contributed by atoms with E-state index in [1.165, 1.54) is 37.9 Å². The maximum atomic E-state index is 3.72. The van der Waals surface area contributed by atoms with E-state index in [2.05, 4.69) is 61.3 Å². The summed E-state index contributed by atoms with van der Waals surface area (Å²) in [5.74, 6) is 0.901. The summed E-state index contributed by atoms with van der Waals surface area (Å²) in [6.45, 7) is 10.5. The van der Waals surface area contributed by atoms with Crippen LogP contribution in [-0.2, 0) is 0 Å². The lowest BCUT2D eigenvalue weighted by molar-refractivity contribution is 0.107. The van der Waals surface area contributed by atoms with Crippen LogP contribution in [0.4, 0.5) is 0 Å². The molecule has 2 atom stereocenters. The van der Waals surface area contributed by atoms with Gasteiger partial charge in [0.25, 0.3) is 0 Å². The summed E-state index contributed by atoms with van der Waals surface area (Å²) in [5.41, 5.74) is 1.43. The molecule has 0 amide bonds. The molecule has 0 aliphatic carbocycles. The second kappa shape index (κ2) is 7.80. The maximum absolute atomic E-state index is 3.72. The number of nitrogens with one attached hydrogen (secondary N) is 1. The molecule has 0 radical (unpaired) electrons. The van der Waals surface area contributed by atoms with Gasteiger partial charge in [0.1, 0.15) is 0 Å². The Morgan fingerprint density at radius 2 is 1.80 bits per heavy atom. The van der Waals surface area contributed by atoms with Crippen molar-refractivity contribution in [3.8, 4) is 0 Å². The number of piperidine rings is 1. The highest BCUT2D eigenvalue weighted by molar-refractivity contribution is 5.20. The van der Waals surface area contributed by atoms with Crippen LogP contribution in [0.25, 0.3) is 0 Å². The fourth-order valence-corrected chi connectivity index (χ4v) is 3.42. The summed E-state index contributed by atoms with van der Waals surface area (Å²) in [6, 6.07) is 12.0. The van der Waals surface area contributed by atoms with Gasteiger partial charge in [0.15, 0.2) is 0 Å². The van der Waals surface area contributed by atoms with E-state index in [0.717, 1.165) is 12.5 Å². The van der Waals surface area contributed by atoms with Crippen molar-refractivity contribution in [2.45, 2.75) is 52.1 Å². The Labute approximate surface area is 124 Å². The van der Waals surface area contributed by atoms with Gasteiger partial charge in [-0.1, -0.05) is 51.1 Å². The number of likely N-dealkylation sites (N-methyl/N-ethyl adjacent to an activating group) is 1. The van der Waals surface area contributed by atoms with Crippen molar-refractivity contribution >= 4 is 0 Å². The molecule has 1 fully saturated rings. The molecular weight excluding hydrogens is 244 g/mol. The molecule has 1 aromatic carbocycles. The molecular formula is C18H30N2. The van der Waals surface area contributed by atoms with Gasteiger partial charge in [0.05, 0.1) is 0 Å². The minimum Gasteiger partial charge on any atom is -0.309 e. The Hall–Kier alpha value is -0.860. The topological polar surface area (TPSA) is 15.3 Å². The molecule has 0 bridgehead atoms. The zero-order valence-electron chi connectivity index (χ0n) is 13.3. The van der Waals surface area contributed by atoms with Crippen LogP contribution in [0.5, 0.6) is 0 Å². The summed E-state index contributed by atoms with van der Waals surface area (Å²) in [6.07, 6.45) is 3.91. The van der Waals surface area contributed by atoms with E-state index < -0.39 is 0 Å². The second-order valence-corrected chi connectivity index (χ2v) is 6.14. The summed E-state index contributed by atoms with van der Waals surface area (Å²) < 4.78 is 0. The van der Waals surface area contributed by atoms with Crippen molar-refractivity contribution in [2.75, 3.05) is 19.6 Å². The normalized spacial score (nSPS) is 20.8. The lowest BCUT2D eigenvalue weighted by Gasteiger charge is -2.40. The van der Waals surface area contributed by atoms with Crippen molar-refractivity contribution in [1.82, 2.24) is 10.2 Å². The monoisotopic (exact) mass is 274 g/mol. The average Bonchev–Trinajstić information content (AvgIpc) is 2.50. The third-order valence-corrected chi connectivity index (χ3v) is 4.67. The molecule has 2 unspecified atom stereocenters. The molecule has 1 heterocycles. The van der Waals surface area contributed by atoms with Gasteiger partial charge in [-0.15, -0.1) is 0 Å². The van der Waals surface area contributed by atoms with E-state index in [4.69, 9.17) is 0 Å². The quantitative estimate of drug-likeness (QED) is 0.847. The molecule has 112 valence electrons. The van der Waals surface area contributed by atoms with Gasteiger partial charge in [-0.3, -0.25) is 4.90 Å². The van der Waals surface area contributed by atoms with Crippen molar-refractivity contribution in [2.24, 2.45) is 5.92 Å². The molecule has 2 rings (SSSR count). The summed E-state index contributed by atoms with van der Waals surface area (Å²) in [7, 11) is 0. The van der Waals surface area contributed by atoms with Gasteiger partial charge in [0, 0.05) is 12.1 Å². The Morgan fingerprint density at radius 3 is 2.35 bits per heavy atom. The number of hydrogen-bond acceptors (Lipinski definition) is 2. The Balaban J connectivity index is 2.13. The van der Waals surface area contributed by atoms with Crippen LogP contribution in [0.1, 0.15) is 51.6 Å². The fourth-order valence-electron chi connectivity index (χ4n) is 3.42. The molecule has 0 aromatic heterocycles. The van der Waals surface area contributed by atoms with Crippen LogP contribution in [0.15, 0.2) is 30.3 Å². The van der Waals surface area contributed by atoms with Crippen LogP contribution in [0.3, 0.4) is 0 Å². The Bertz CT molecular complexity index is 368. The number of rotatable bonds is 6. The fraction of sp³-hybridized carbons (Fsp3) is 0.667. The first-order chi connectivity index (χ1) is 9.76. The first-order valence-electron chi connectivity index (χ1n) is 8.28. The van der Waals surface area contributed by atoms with E-state index in [-0.39, 0.29) is 0 Å². The minimum atomic E-state index is 0.458. The molecule has 2 heteroatoms. The molecule has 0 spiro atoms. The van der Waals surface area contributed by atoms with Crippen LogP contribution >= 0.6 is 0 Å². The van der Waals surface area contributed by atoms with Crippen molar-refractivity contribution < 1.29 is 0 Å². The molecule has 1 saturated heterocycles. The zero-order chi connectivity index (χ0) is 14.4. The van der Waals surface area contributed by atoms with Crippen molar-refractivity contribution in [1.29, 1.82) is 0 Å². The second-order valence-electron chi connectivity index (χ2n) is 6.14. The SMILES string of the molecule is CCNC(c1ccccc1)C(CC)N1CCC(C)CC1. The first kappa shape index (κ1) is 15.5. The smallest absolute Gasteiger partial charge is 0.0477 e. The average molecular weight is 274 g/mol. The molecule has 1 aromatic rings. The highest BCUT2D eigenvalue weighted by Gasteiger charge is 2.28. The van der Waals surface area contributed by atoms with Gasteiger partial charge in [-0.2, -0.15) is 0 Å².